The molecule has 2 heterocycles. The number of benzene rings is 1. The molecule has 1 aliphatic heterocycles. The standard InChI is InChI=1S/C28H38ClN7O2/c1-27(2)24(28(3,4)25(27)38-21-8-7-19(16-30)22(29)15-21)34-23(37)20-17-32-26(33-18-20)35(5)11-6-12-36-13-9-31-10-14-36/h7-8,15,17-18,24-25,31H,6,9-14H2,1-5H3,(H,34,37). The molecule has 1 saturated heterocycles. The SMILES string of the molecule is CN(CCCN1CCNCC1)c1ncc(C(=O)NC2C(C)(C)C(Oc3ccc(C#N)c(Cl)c3)C2(C)C)cn1. The Balaban J connectivity index is 1.32. The number of carbonyl (C=O) groups excluding carboxylic acids is 1. The number of nitrogens with one attached hydrogen (secondary N) is 2. The van der Waals surface area contributed by atoms with E-state index in [9.17, 15) is 4.79 Å². The molecule has 38 heavy (non-hydrogen) atoms. The summed E-state index contributed by atoms with van der Waals surface area (Å²) in [4.78, 5) is 26.5. The zero-order valence-corrected chi connectivity index (χ0v) is 23.7. The van der Waals surface area contributed by atoms with Gasteiger partial charge in [-0.15, -0.1) is 0 Å². The average Bonchev–Trinajstić information content (AvgIpc) is 2.90. The summed E-state index contributed by atoms with van der Waals surface area (Å²) in [6, 6.07) is 7.00. The molecule has 0 bridgehead atoms. The van der Waals surface area contributed by atoms with E-state index in [4.69, 9.17) is 21.6 Å². The summed E-state index contributed by atoms with van der Waals surface area (Å²) in [6.07, 6.45) is 4.05. The minimum Gasteiger partial charge on any atom is -0.489 e. The summed E-state index contributed by atoms with van der Waals surface area (Å²) in [5.74, 6) is 1.01. The van der Waals surface area contributed by atoms with Gasteiger partial charge < -0.3 is 25.2 Å². The quantitative estimate of drug-likeness (QED) is 0.500. The second-order valence-corrected chi connectivity index (χ2v) is 11.8. The predicted molar refractivity (Wildman–Crippen MR) is 149 cm³/mol. The third kappa shape index (κ3) is 5.88. The molecule has 204 valence electrons. The summed E-state index contributed by atoms with van der Waals surface area (Å²) >= 11 is 6.19. The van der Waals surface area contributed by atoms with Crippen molar-refractivity contribution in [3.05, 3.63) is 46.7 Å². The van der Waals surface area contributed by atoms with Crippen LogP contribution in [-0.2, 0) is 0 Å². The number of rotatable bonds is 9. The van der Waals surface area contributed by atoms with Crippen LogP contribution in [0.4, 0.5) is 5.95 Å². The molecule has 2 fully saturated rings. The molecule has 0 radical (unpaired) electrons. The van der Waals surface area contributed by atoms with Crippen LogP contribution < -0.4 is 20.3 Å². The maximum atomic E-state index is 13.1. The average molecular weight is 540 g/mol. The van der Waals surface area contributed by atoms with Crippen LogP contribution in [0.5, 0.6) is 5.75 Å². The lowest BCUT2D eigenvalue weighted by atomic mass is 9.49. The highest BCUT2D eigenvalue weighted by molar-refractivity contribution is 6.31. The second-order valence-electron chi connectivity index (χ2n) is 11.4. The van der Waals surface area contributed by atoms with Crippen molar-refractivity contribution in [3.63, 3.8) is 0 Å². The fourth-order valence-electron chi connectivity index (χ4n) is 6.01. The fourth-order valence-corrected chi connectivity index (χ4v) is 6.22. The lowest BCUT2D eigenvalue weighted by Gasteiger charge is -2.63. The van der Waals surface area contributed by atoms with Gasteiger partial charge in [0, 0.05) is 75.1 Å². The summed E-state index contributed by atoms with van der Waals surface area (Å²) in [6.45, 7) is 14.5. The Kier molecular flexibility index (Phi) is 8.46. The van der Waals surface area contributed by atoms with E-state index in [0.29, 0.717) is 27.8 Å². The number of anilines is 1. The summed E-state index contributed by atoms with van der Waals surface area (Å²) in [5.41, 5.74) is 0.152. The van der Waals surface area contributed by atoms with Gasteiger partial charge in [-0.2, -0.15) is 5.26 Å². The van der Waals surface area contributed by atoms with Gasteiger partial charge >= 0.3 is 0 Å². The molecule has 4 rings (SSSR count). The molecule has 0 spiro atoms. The van der Waals surface area contributed by atoms with Gasteiger partial charge in [0.15, 0.2) is 0 Å². The first-order chi connectivity index (χ1) is 18.0. The zero-order chi connectivity index (χ0) is 27.5. The third-order valence-corrected chi connectivity index (χ3v) is 8.16. The topological polar surface area (TPSA) is 106 Å². The van der Waals surface area contributed by atoms with E-state index in [1.807, 2.05) is 11.9 Å². The molecule has 1 aromatic carbocycles. The lowest BCUT2D eigenvalue weighted by molar-refractivity contribution is -0.164. The van der Waals surface area contributed by atoms with Crippen molar-refractivity contribution in [1.29, 1.82) is 5.26 Å². The Bertz CT molecular complexity index is 1160. The first-order valence-electron chi connectivity index (χ1n) is 13.2. The smallest absolute Gasteiger partial charge is 0.254 e. The Hall–Kier alpha value is -2.93. The number of halogens is 1. The van der Waals surface area contributed by atoms with Crippen LogP contribution in [0.3, 0.4) is 0 Å². The molecule has 1 saturated carbocycles. The van der Waals surface area contributed by atoms with Crippen molar-refractivity contribution in [1.82, 2.24) is 25.5 Å². The number of aromatic nitrogens is 2. The maximum Gasteiger partial charge on any atom is 0.254 e. The normalized spacial score (nSPS) is 22.1. The number of hydrogen-bond donors (Lipinski definition) is 2. The molecule has 0 unspecified atom stereocenters. The molecule has 10 heteroatoms. The van der Waals surface area contributed by atoms with Gasteiger partial charge in [-0.05, 0) is 25.1 Å². The third-order valence-electron chi connectivity index (χ3n) is 7.85. The van der Waals surface area contributed by atoms with E-state index < -0.39 is 0 Å². The molecule has 9 nitrogen and oxygen atoms in total. The van der Waals surface area contributed by atoms with Crippen LogP contribution in [0.25, 0.3) is 0 Å². The van der Waals surface area contributed by atoms with Crippen molar-refractivity contribution >= 4 is 23.5 Å². The lowest BCUT2D eigenvalue weighted by Crippen LogP contribution is -2.74. The minimum atomic E-state index is -0.342. The van der Waals surface area contributed by atoms with E-state index in [2.05, 4.69) is 59.3 Å². The number of ether oxygens (including phenoxy) is 1. The van der Waals surface area contributed by atoms with E-state index in [1.54, 1.807) is 30.6 Å². The number of piperazine rings is 1. The van der Waals surface area contributed by atoms with Gasteiger partial charge in [-0.3, -0.25) is 4.79 Å². The van der Waals surface area contributed by atoms with Crippen LogP contribution in [0.2, 0.25) is 5.02 Å². The van der Waals surface area contributed by atoms with E-state index in [1.165, 1.54) is 0 Å². The fraction of sp³-hybridized carbons (Fsp3) is 0.571. The van der Waals surface area contributed by atoms with E-state index in [-0.39, 0.29) is 28.9 Å². The molecule has 1 aliphatic carbocycles. The van der Waals surface area contributed by atoms with Gasteiger partial charge in [-0.25, -0.2) is 9.97 Å². The van der Waals surface area contributed by atoms with Crippen molar-refractivity contribution in [2.75, 3.05) is 51.2 Å². The van der Waals surface area contributed by atoms with Gasteiger partial charge in [0.05, 0.1) is 16.1 Å². The highest BCUT2D eigenvalue weighted by atomic mass is 35.5. The van der Waals surface area contributed by atoms with Crippen LogP contribution in [0.15, 0.2) is 30.6 Å². The predicted octanol–water partition coefficient (Wildman–Crippen LogP) is 3.35. The van der Waals surface area contributed by atoms with Gasteiger partial charge in [0.25, 0.3) is 5.91 Å². The molecular weight excluding hydrogens is 502 g/mol. The number of carbonyl (C=O) groups is 1. The summed E-state index contributed by atoms with van der Waals surface area (Å²) in [7, 11) is 1.98. The second kappa shape index (κ2) is 11.4. The Labute approximate surface area is 230 Å². The number of hydrogen-bond acceptors (Lipinski definition) is 8. The maximum absolute atomic E-state index is 13.1. The highest BCUT2D eigenvalue weighted by Crippen LogP contribution is 2.55. The van der Waals surface area contributed by atoms with Crippen molar-refractivity contribution in [2.24, 2.45) is 10.8 Å². The zero-order valence-electron chi connectivity index (χ0n) is 22.9. The molecule has 1 aromatic heterocycles. The summed E-state index contributed by atoms with van der Waals surface area (Å²) < 4.78 is 6.31. The summed E-state index contributed by atoms with van der Waals surface area (Å²) in [5, 5.41) is 16.0. The van der Waals surface area contributed by atoms with Crippen molar-refractivity contribution in [2.45, 2.75) is 46.3 Å². The molecule has 1 amide bonds. The Morgan fingerprint density at radius 3 is 2.50 bits per heavy atom. The number of amides is 1. The van der Waals surface area contributed by atoms with Gasteiger partial charge in [-0.1, -0.05) is 39.3 Å². The van der Waals surface area contributed by atoms with Crippen LogP contribution >= 0.6 is 11.6 Å². The van der Waals surface area contributed by atoms with Gasteiger partial charge in [0.2, 0.25) is 5.95 Å². The van der Waals surface area contributed by atoms with Crippen LogP contribution in [0.1, 0.15) is 50.0 Å². The van der Waals surface area contributed by atoms with E-state index >= 15 is 0 Å². The highest BCUT2D eigenvalue weighted by Gasteiger charge is 2.64. The first kappa shape index (κ1) is 28.1. The molecule has 2 aromatic rings. The molecule has 2 N–H and O–H groups in total. The van der Waals surface area contributed by atoms with Crippen LogP contribution in [0, 0.1) is 22.2 Å². The van der Waals surface area contributed by atoms with Crippen LogP contribution in [-0.4, -0.2) is 79.2 Å². The minimum absolute atomic E-state index is 0.131. The number of nitrogens with zero attached hydrogens (tertiary/aromatic N) is 5. The largest absolute Gasteiger partial charge is 0.489 e. The van der Waals surface area contributed by atoms with E-state index in [0.717, 1.165) is 45.7 Å². The Morgan fingerprint density at radius 1 is 1.24 bits per heavy atom. The molecular formula is C28H38ClN7O2. The van der Waals surface area contributed by atoms with Crippen molar-refractivity contribution in [3.8, 4) is 11.8 Å². The van der Waals surface area contributed by atoms with Crippen molar-refractivity contribution < 1.29 is 9.53 Å². The van der Waals surface area contributed by atoms with Gasteiger partial charge in [0.1, 0.15) is 17.9 Å². The first-order valence-corrected chi connectivity index (χ1v) is 13.5. The monoisotopic (exact) mass is 539 g/mol. The molecule has 2 aliphatic rings. The molecule has 0 atom stereocenters. The Morgan fingerprint density at radius 2 is 1.89 bits per heavy atom. The number of nitriles is 1.